The second-order valence-corrected chi connectivity index (χ2v) is 7.85. The minimum atomic E-state index is -0.628. The summed E-state index contributed by atoms with van der Waals surface area (Å²) in [5.74, 6) is 0.836. The molecule has 1 aromatic heterocycles. The van der Waals surface area contributed by atoms with Gasteiger partial charge < -0.3 is 9.84 Å². The monoisotopic (exact) mass is 404 g/mol. The number of halogens is 2. The first-order chi connectivity index (χ1) is 9.11. The molecular formula is C14H14Br2O2S. The van der Waals surface area contributed by atoms with E-state index in [0.29, 0.717) is 6.61 Å². The lowest BCUT2D eigenvalue weighted by molar-refractivity contribution is 0.220. The van der Waals surface area contributed by atoms with Gasteiger partial charge >= 0.3 is 0 Å². The number of benzene rings is 1. The molecule has 0 radical (unpaired) electrons. The van der Waals surface area contributed by atoms with Crippen LogP contribution < -0.4 is 4.74 Å². The lowest BCUT2D eigenvalue weighted by atomic mass is 10.0. The van der Waals surface area contributed by atoms with E-state index in [2.05, 4.69) is 38.8 Å². The standard InChI is InChI=1S/C14H14Br2O2S/c1-2-7-18-10-5-3-9(4-6-10)13(17)11-8-12(15)19-14(11)16/h3-6,8,13,17H,2,7H2,1H3. The average molecular weight is 406 g/mol. The Morgan fingerprint density at radius 3 is 2.47 bits per heavy atom. The van der Waals surface area contributed by atoms with Gasteiger partial charge in [0.1, 0.15) is 11.9 Å². The molecule has 0 saturated heterocycles. The van der Waals surface area contributed by atoms with E-state index >= 15 is 0 Å². The van der Waals surface area contributed by atoms with Crippen molar-refractivity contribution in [3.63, 3.8) is 0 Å². The highest BCUT2D eigenvalue weighted by atomic mass is 79.9. The largest absolute Gasteiger partial charge is 0.494 e. The molecule has 102 valence electrons. The molecule has 1 heterocycles. The maximum absolute atomic E-state index is 10.4. The van der Waals surface area contributed by atoms with Crippen molar-refractivity contribution in [3.05, 3.63) is 49.0 Å². The van der Waals surface area contributed by atoms with Crippen molar-refractivity contribution in [1.82, 2.24) is 0 Å². The Bertz CT molecular complexity index is 537. The predicted octanol–water partition coefficient (Wildman–Crippen LogP) is 5.14. The van der Waals surface area contributed by atoms with Crippen LogP contribution in [0.15, 0.2) is 37.9 Å². The van der Waals surface area contributed by atoms with Crippen LogP contribution in [0.1, 0.15) is 30.6 Å². The van der Waals surface area contributed by atoms with Crippen LogP contribution in [0.2, 0.25) is 0 Å². The predicted molar refractivity (Wildman–Crippen MR) is 86.0 cm³/mol. The third-order valence-electron chi connectivity index (χ3n) is 2.65. The average Bonchev–Trinajstić information content (AvgIpc) is 2.75. The van der Waals surface area contributed by atoms with Gasteiger partial charge in [0.25, 0.3) is 0 Å². The summed E-state index contributed by atoms with van der Waals surface area (Å²) < 4.78 is 7.47. The van der Waals surface area contributed by atoms with Gasteiger partial charge in [-0.3, -0.25) is 0 Å². The first kappa shape index (κ1) is 15.0. The van der Waals surface area contributed by atoms with Gasteiger partial charge in [0.2, 0.25) is 0 Å². The van der Waals surface area contributed by atoms with E-state index in [9.17, 15) is 5.11 Å². The van der Waals surface area contributed by atoms with Crippen molar-refractivity contribution in [2.75, 3.05) is 6.61 Å². The molecule has 1 N–H and O–H groups in total. The van der Waals surface area contributed by atoms with Crippen LogP contribution in [-0.4, -0.2) is 11.7 Å². The summed E-state index contributed by atoms with van der Waals surface area (Å²) in [5, 5.41) is 10.4. The molecule has 2 nitrogen and oxygen atoms in total. The molecule has 5 heteroatoms. The number of ether oxygens (including phenoxy) is 1. The Morgan fingerprint density at radius 2 is 1.95 bits per heavy atom. The molecule has 1 unspecified atom stereocenters. The highest BCUT2D eigenvalue weighted by molar-refractivity contribution is 9.12. The molecule has 2 aromatic rings. The minimum Gasteiger partial charge on any atom is -0.494 e. The molecule has 1 aromatic carbocycles. The summed E-state index contributed by atoms with van der Waals surface area (Å²) in [6.07, 6.45) is 0.359. The Morgan fingerprint density at radius 1 is 1.26 bits per heavy atom. The Kier molecular flexibility index (Phi) is 5.45. The van der Waals surface area contributed by atoms with Gasteiger partial charge in [0, 0.05) is 5.56 Å². The fourth-order valence-corrected chi connectivity index (χ4v) is 4.57. The van der Waals surface area contributed by atoms with Crippen molar-refractivity contribution in [2.45, 2.75) is 19.4 Å². The van der Waals surface area contributed by atoms with Crippen molar-refractivity contribution in [3.8, 4) is 5.75 Å². The second-order valence-electron chi connectivity index (χ2n) is 4.10. The normalized spacial score (nSPS) is 12.4. The number of hydrogen-bond acceptors (Lipinski definition) is 3. The van der Waals surface area contributed by atoms with Gasteiger partial charge in [-0.05, 0) is 62.0 Å². The molecule has 1 atom stereocenters. The number of rotatable bonds is 5. The maximum atomic E-state index is 10.4. The molecule has 0 spiro atoms. The quantitative estimate of drug-likeness (QED) is 0.745. The Labute approximate surface area is 133 Å². The van der Waals surface area contributed by atoms with Crippen LogP contribution in [0.5, 0.6) is 5.75 Å². The molecule has 0 amide bonds. The smallest absolute Gasteiger partial charge is 0.119 e. The molecule has 0 bridgehead atoms. The van der Waals surface area contributed by atoms with Gasteiger partial charge in [-0.2, -0.15) is 0 Å². The van der Waals surface area contributed by atoms with E-state index < -0.39 is 6.10 Å². The number of aliphatic hydroxyl groups is 1. The lowest BCUT2D eigenvalue weighted by Gasteiger charge is -2.11. The summed E-state index contributed by atoms with van der Waals surface area (Å²) in [7, 11) is 0. The lowest BCUT2D eigenvalue weighted by Crippen LogP contribution is -1.99. The molecular weight excluding hydrogens is 392 g/mol. The van der Waals surface area contributed by atoms with E-state index in [4.69, 9.17) is 4.74 Å². The van der Waals surface area contributed by atoms with Crippen molar-refractivity contribution in [1.29, 1.82) is 0 Å². The fourth-order valence-electron chi connectivity index (χ4n) is 1.69. The van der Waals surface area contributed by atoms with Crippen molar-refractivity contribution in [2.24, 2.45) is 0 Å². The summed E-state index contributed by atoms with van der Waals surface area (Å²) >= 11 is 8.44. The molecule has 0 saturated carbocycles. The van der Waals surface area contributed by atoms with Gasteiger partial charge in [-0.25, -0.2) is 0 Å². The van der Waals surface area contributed by atoms with E-state index in [-0.39, 0.29) is 0 Å². The highest BCUT2D eigenvalue weighted by Gasteiger charge is 2.16. The molecule has 0 aliphatic heterocycles. The van der Waals surface area contributed by atoms with E-state index in [1.54, 1.807) is 11.3 Å². The number of hydrogen-bond donors (Lipinski definition) is 1. The number of aliphatic hydroxyl groups excluding tert-OH is 1. The van der Waals surface area contributed by atoms with Gasteiger partial charge in [0.15, 0.2) is 0 Å². The highest BCUT2D eigenvalue weighted by Crippen LogP contribution is 2.37. The van der Waals surface area contributed by atoms with Crippen LogP contribution in [-0.2, 0) is 0 Å². The van der Waals surface area contributed by atoms with E-state index in [1.165, 1.54) is 0 Å². The van der Waals surface area contributed by atoms with Crippen LogP contribution in [0.25, 0.3) is 0 Å². The first-order valence-electron chi connectivity index (χ1n) is 5.97. The number of thiophene rings is 1. The molecule has 0 aliphatic carbocycles. The molecule has 19 heavy (non-hydrogen) atoms. The zero-order valence-electron chi connectivity index (χ0n) is 10.4. The van der Waals surface area contributed by atoms with Crippen molar-refractivity contribution < 1.29 is 9.84 Å². The van der Waals surface area contributed by atoms with Crippen LogP contribution in [0, 0.1) is 0 Å². The zero-order chi connectivity index (χ0) is 13.8. The van der Waals surface area contributed by atoms with Crippen molar-refractivity contribution >= 4 is 43.2 Å². The van der Waals surface area contributed by atoms with E-state index in [0.717, 1.165) is 30.9 Å². The van der Waals surface area contributed by atoms with Gasteiger partial charge in [-0.1, -0.05) is 19.1 Å². The van der Waals surface area contributed by atoms with E-state index in [1.807, 2.05) is 30.3 Å². The van der Waals surface area contributed by atoms with Gasteiger partial charge in [0.05, 0.1) is 14.2 Å². The Balaban J connectivity index is 2.15. The molecule has 0 aliphatic rings. The van der Waals surface area contributed by atoms with Crippen LogP contribution in [0.4, 0.5) is 0 Å². The summed E-state index contributed by atoms with van der Waals surface area (Å²) in [6.45, 7) is 2.79. The summed E-state index contributed by atoms with van der Waals surface area (Å²) in [4.78, 5) is 0. The summed E-state index contributed by atoms with van der Waals surface area (Å²) in [5.41, 5.74) is 1.73. The van der Waals surface area contributed by atoms with Crippen LogP contribution in [0.3, 0.4) is 0 Å². The zero-order valence-corrected chi connectivity index (χ0v) is 14.4. The van der Waals surface area contributed by atoms with Crippen LogP contribution >= 0.6 is 43.2 Å². The minimum absolute atomic E-state index is 0.628. The first-order valence-corrected chi connectivity index (χ1v) is 8.37. The topological polar surface area (TPSA) is 29.5 Å². The SMILES string of the molecule is CCCOc1ccc(C(O)c2cc(Br)sc2Br)cc1. The third kappa shape index (κ3) is 3.81. The third-order valence-corrected chi connectivity index (χ3v) is 5.03. The molecule has 2 rings (SSSR count). The van der Waals surface area contributed by atoms with Gasteiger partial charge in [-0.15, -0.1) is 11.3 Å². The fraction of sp³-hybridized carbons (Fsp3) is 0.286. The molecule has 0 fully saturated rings. The summed E-state index contributed by atoms with van der Waals surface area (Å²) in [6, 6.07) is 9.51. The maximum Gasteiger partial charge on any atom is 0.119 e. The Hall–Kier alpha value is -0.360. The second kappa shape index (κ2) is 6.88.